The molecule has 0 aliphatic heterocycles. The van der Waals surface area contributed by atoms with Gasteiger partial charge in [-0.15, -0.1) is 0 Å². The van der Waals surface area contributed by atoms with Crippen molar-refractivity contribution >= 4 is 11.8 Å². The summed E-state index contributed by atoms with van der Waals surface area (Å²) in [6.45, 7) is 2.54. The Bertz CT molecular complexity index is 219. The summed E-state index contributed by atoms with van der Waals surface area (Å²) in [5.41, 5.74) is 0. The molecule has 0 saturated carbocycles. The standard InChI is InChI=1S/C10H20N2O3/c1-5-9(13)11(2)7-6-10(14)12(3)8-15-4/h5-8H2,1-4H3. The molecule has 0 unspecified atom stereocenters. The molecule has 0 aliphatic carbocycles. The van der Waals surface area contributed by atoms with Gasteiger partial charge in [0.25, 0.3) is 0 Å². The van der Waals surface area contributed by atoms with E-state index in [0.717, 1.165) is 0 Å². The quantitative estimate of drug-likeness (QED) is 0.600. The van der Waals surface area contributed by atoms with Crippen LogP contribution in [0.15, 0.2) is 0 Å². The summed E-state index contributed by atoms with van der Waals surface area (Å²) in [6.07, 6.45) is 0.806. The molecule has 0 bridgehead atoms. The van der Waals surface area contributed by atoms with Crippen LogP contribution in [0, 0.1) is 0 Å². The first-order valence-electron chi connectivity index (χ1n) is 4.99. The van der Waals surface area contributed by atoms with Crippen molar-refractivity contribution in [3.63, 3.8) is 0 Å². The lowest BCUT2D eigenvalue weighted by Gasteiger charge is -2.19. The zero-order valence-electron chi connectivity index (χ0n) is 9.95. The van der Waals surface area contributed by atoms with E-state index in [9.17, 15) is 9.59 Å². The van der Waals surface area contributed by atoms with Crippen LogP contribution in [0.1, 0.15) is 19.8 Å². The monoisotopic (exact) mass is 216 g/mol. The maximum atomic E-state index is 11.5. The van der Waals surface area contributed by atoms with Crippen LogP contribution in [0.3, 0.4) is 0 Å². The van der Waals surface area contributed by atoms with E-state index in [4.69, 9.17) is 4.74 Å². The van der Waals surface area contributed by atoms with Crippen LogP contribution >= 0.6 is 0 Å². The van der Waals surface area contributed by atoms with Crippen LogP contribution in [-0.2, 0) is 14.3 Å². The van der Waals surface area contributed by atoms with Gasteiger partial charge in [0, 0.05) is 40.6 Å². The fourth-order valence-electron chi connectivity index (χ4n) is 1.11. The molecule has 0 spiro atoms. The Kier molecular flexibility index (Phi) is 6.70. The highest BCUT2D eigenvalue weighted by Crippen LogP contribution is 1.96. The average molecular weight is 216 g/mol. The van der Waals surface area contributed by atoms with Gasteiger partial charge in [-0.3, -0.25) is 9.59 Å². The predicted octanol–water partition coefficient (Wildman–Crippen LogP) is 0.307. The fourth-order valence-corrected chi connectivity index (χ4v) is 1.11. The van der Waals surface area contributed by atoms with Crippen LogP contribution in [0.5, 0.6) is 0 Å². The molecule has 0 aromatic heterocycles. The van der Waals surface area contributed by atoms with E-state index < -0.39 is 0 Å². The van der Waals surface area contributed by atoms with E-state index in [-0.39, 0.29) is 18.5 Å². The highest BCUT2D eigenvalue weighted by molar-refractivity contribution is 5.78. The van der Waals surface area contributed by atoms with E-state index >= 15 is 0 Å². The first kappa shape index (κ1) is 13.9. The lowest BCUT2D eigenvalue weighted by Crippen LogP contribution is -2.33. The summed E-state index contributed by atoms with van der Waals surface area (Å²) in [5, 5.41) is 0. The summed E-state index contributed by atoms with van der Waals surface area (Å²) in [7, 11) is 4.92. The minimum atomic E-state index is -0.0207. The van der Waals surface area contributed by atoms with Gasteiger partial charge in [-0.1, -0.05) is 6.92 Å². The molecule has 2 amide bonds. The van der Waals surface area contributed by atoms with Crippen LogP contribution < -0.4 is 0 Å². The van der Waals surface area contributed by atoms with E-state index in [1.165, 1.54) is 12.0 Å². The predicted molar refractivity (Wildman–Crippen MR) is 57.2 cm³/mol. The zero-order chi connectivity index (χ0) is 11.8. The Morgan fingerprint density at radius 1 is 1.13 bits per heavy atom. The molecule has 0 aromatic carbocycles. The maximum Gasteiger partial charge on any atom is 0.225 e. The first-order valence-corrected chi connectivity index (χ1v) is 4.99. The summed E-state index contributed by atoms with van der Waals surface area (Å²) < 4.78 is 4.82. The van der Waals surface area contributed by atoms with Crippen molar-refractivity contribution in [1.29, 1.82) is 0 Å². The largest absolute Gasteiger partial charge is 0.364 e. The van der Waals surface area contributed by atoms with Crippen LogP contribution in [-0.4, -0.2) is 56.1 Å². The SMILES string of the molecule is CCC(=O)N(C)CCC(=O)N(C)COC. The van der Waals surface area contributed by atoms with Gasteiger partial charge in [-0.05, 0) is 0 Å². The van der Waals surface area contributed by atoms with Crippen molar-refractivity contribution in [2.75, 3.05) is 34.5 Å². The molecule has 0 aliphatic rings. The number of ether oxygens (including phenoxy) is 1. The number of hydrogen-bond acceptors (Lipinski definition) is 3. The minimum absolute atomic E-state index is 0.0207. The molecule has 0 N–H and O–H groups in total. The van der Waals surface area contributed by atoms with Gasteiger partial charge in [-0.2, -0.15) is 0 Å². The second-order valence-electron chi connectivity index (χ2n) is 3.43. The Balaban J connectivity index is 3.84. The van der Waals surface area contributed by atoms with Gasteiger partial charge in [0.2, 0.25) is 11.8 Å². The molecule has 0 fully saturated rings. The van der Waals surface area contributed by atoms with Crippen molar-refractivity contribution in [3.05, 3.63) is 0 Å². The second-order valence-corrected chi connectivity index (χ2v) is 3.43. The Morgan fingerprint density at radius 2 is 1.73 bits per heavy atom. The van der Waals surface area contributed by atoms with Crippen molar-refractivity contribution in [1.82, 2.24) is 9.80 Å². The third-order valence-corrected chi connectivity index (χ3v) is 2.14. The molecule has 0 atom stereocenters. The van der Waals surface area contributed by atoms with Crippen molar-refractivity contribution in [3.8, 4) is 0 Å². The van der Waals surface area contributed by atoms with Gasteiger partial charge in [0.05, 0.1) is 0 Å². The highest BCUT2D eigenvalue weighted by Gasteiger charge is 2.11. The van der Waals surface area contributed by atoms with Gasteiger partial charge in [0.15, 0.2) is 0 Å². The summed E-state index contributed by atoms with van der Waals surface area (Å²) in [4.78, 5) is 25.7. The minimum Gasteiger partial charge on any atom is -0.364 e. The number of methoxy groups -OCH3 is 1. The fraction of sp³-hybridized carbons (Fsp3) is 0.800. The number of carbonyl (C=O) groups excluding carboxylic acids is 2. The summed E-state index contributed by atoms with van der Waals surface area (Å²) >= 11 is 0. The molecular weight excluding hydrogens is 196 g/mol. The molecule has 88 valence electrons. The van der Waals surface area contributed by atoms with Crippen molar-refractivity contribution in [2.45, 2.75) is 19.8 Å². The molecule has 0 rings (SSSR count). The topological polar surface area (TPSA) is 49.9 Å². The summed E-state index contributed by atoms with van der Waals surface area (Å²) in [5.74, 6) is 0.0322. The molecule has 0 radical (unpaired) electrons. The molecule has 0 saturated heterocycles. The zero-order valence-corrected chi connectivity index (χ0v) is 9.95. The van der Waals surface area contributed by atoms with Crippen LogP contribution in [0.25, 0.3) is 0 Å². The lowest BCUT2D eigenvalue weighted by molar-refractivity contribution is -0.135. The third kappa shape index (κ3) is 5.37. The average Bonchev–Trinajstić information content (AvgIpc) is 2.24. The smallest absolute Gasteiger partial charge is 0.225 e. The first-order chi connectivity index (χ1) is 7.02. The number of carbonyl (C=O) groups is 2. The van der Waals surface area contributed by atoms with E-state index in [1.54, 1.807) is 25.9 Å². The second kappa shape index (κ2) is 7.23. The molecule has 0 heterocycles. The molecule has 15 heavy (non-hydrogen) atoms. The van der Waals surface area contributed by atoms with E-state index in [2.05, 4.69) is 0 Å². The lowest BCUT2D eigenvalue weighted by atomic mass is 10.3. The number of hydrogen-bond donors (Lipinski definition) is 0. The van der Waals surface area contributed by atoms with Crippen LogP contribution in [0.4, 0.5) is 0 Å². The van der Waals surface area contributed by atoms with E-state index in [0.29, 0.717) is 19.4 Å². The van der Waals surface area contributed by atoms with Crippen molar-refractivity contribution in [2.24, 2.45) is 0 Å². The third-order valence-electron chi connectivity index (χ3n) is 2.14. The summed E-state index contributed by atoms with van der Waals surface area (Å²) in [6, 6.07) is 0. The Morgan fingerprint density at radius 3 is 2.20 bits per heavy atom. The maximum absolute atomic E-state index is 11.5. The molecule has 5 heteroatoms. The molecular formula is C10H20N2O3. The van der Waals surface area contributed by atoms with Crippen molar-refractivity contribution < 1.29 is 14.3 Å². The van der Waals surface area contributed by atoms with Gasteiger partial charge in [0.1, 0.15) is 6.73 Å². The normalized spacial score (nSPS) is 9.87. The number of nitrogens with zero attached hydrogens (tertiary/aromatic N) is 2. The molecule has 0 aromatic rings. The molecule has 5 nitrogen and oxygen atoms in total. The Hall–Kier alpha value is -1.10. The van der Waals surface area contributed by atoms with E-state index in [1.807, 2.05) is 0 Å². The van der Waals surface area contributed by atoms with Gasteiger partial charge >= 0.3 is 0 Å². The number of rotatable bonds is 6. The Labute approximate surface area is 91.0 Å². The highest BCUT2D eigenvalue weighted by atomic mass is 16.5. The van der Waals surface area contributed by atoms with Crippen LogP contribution in [0.2, 0.25) is 0 Å². The number of amides is 2. The van der Waals surface area contributed by atoms with Gasteiger partial charge < -0.3 is 14.5 Å². The van der Waals surface area contributed by atoms with Gasteiger partial charge in [-0.25, -0.2) is 0 Å².